The number of aromatic nitrogens is 1. The van der Waals surface area contributed by atoms with Crippen LogP contribution in [0, 0.1) is 0 Å². The summed E-state index contributed by atoms with van der Waals surface area (Å²) in [4.78, 5) is 16.8. The molecule has 102 valence electrons. The second kappa shape index (κ2) is 5.37. The molecular weight excluding hydrogens is 316 g/mol. The summed E-state index contributed by atoms with van der Waals surface area (Å²) < 4.78 is 0.900. The standard InChI is InChI=1S/C16H15BrN2O/c17-13-7-8-14(18-11-13)19-15(20)16(9-4-10-16)12-5-2-1-3-6-12/h1-3,5-8,11H,4,9-10H2,(H,18,19,20). The number of amides is 1. The van der Waals surface area contributed by atoms with Gasteiger partial charge in [-0.1, -0.05) is 36.8 Å². The molecule has 20 heavy (non-hydrogen) atoms. The fraction of sp³-hybridized carbons (Fsp3) is 0.250. The first-order valence-electron chi connectivity index (χ1n) is 6.69. The molecule has 4 heteroatoms. The summed E-state index contributed by atoms with van der Waals surface area (Å²) in [5, 5.41) is 2.94. The maximum atomic E-state index is 12.6. The Labute approximate surface area is 126 Å². The van der Waals surface area contributed by atoms with Crippen LogP contribution in [0.15, 0.2) is 53.1 Å². The Morgan fingerprint density at radius 3 is 2.45 bits per heavy atom. The van der Waals surface area contributed by atoms with E-state index in [1.54, 1.807) is 12.3 Å². The average molecular weight is 331 g/mol. The van der Waals surface area contributed by atoms with Crippen LogP contribution in [0.1, 0.15) is 24.8 Å². The summed E-state index contributed by atoms with van der Waals surface area (Å²) in [5.74, 6) is 0.644. The molecule has 3 nitrogen and oxygen atoms in total. The number of benzene rings is 1. The molecule has 2 aromatic rings. The zero-order valence-electron chi connectivity index (χ0n) is 11.0. The quantitative estimate of drug-likeness (QED) is 0.927. The topological polar surface area (TPSA) is 42.0 Å². The molecule has 1 aromatic carbocycles. The van der Waals surface area contributed by atoms with Crippen LogP contribution < -0.4 is 5.32 Å². The number of rotatable bonds is 3. The van der Waals surface area contributed by atoms with Gasteiger partial charge >= 0.3 is 0 Å². The van der Waals surface area contributed by atoms with Gasteiger partial charge in [0, 0.05) is 10.7 Å². The van der Waals surface area contributed by atoms with Crippen molar-refractivity contribution in [3.8, 4) is 0 Å². The minimum Gasteiger partial charge on any atom is -0.310 e. The molecule has 3 rings (SSSR count). The van der Waals surface area contributed by atoms with Crippen LogP contribution in [0.2, 0.25) is 0 Å². The fourth-order valence-corrected chi connectivity index (χ4v) is 2.85. The first kappa shape index (κ1) is 13.3. The SMILES string of the molecule is O=C(Nc1ccc(Br)cn1)C1(c2ccccc2)CCC1. The highest BCUT2D eigenvalue weighted by molar-refractivity contribution is 9.10. The van der Waals surface area contributed by atoms with Crippen LogP contribution in [0.4, 0.5) is 5.82 Å². The van der Waals surface area contributed by atoms with Gasteiger partial charge in [-0.15, -0.1) is 0 Å². The lowest BCUT2D eigenvalue weighted by atomic mass is 9.64. The molecular formula is C16H15BrN2O. The molecule has 1 aromatic heterocycles. The van der Waals surface area contributed by atoms with Crippen LogP contribution in [0.3, 0.4) is 0 Å². The number of pyridine rings is 1. The van der Waals surface area contributed by atoms with E-state index in [0.717, 1.165) is 29.3 Å². The van der Waals surface area contributed by atoms with Crippen LogP contribution in [-0.4, -0.2) is 10.9 Å². The summed E-state index contributed by atoms with van der Waals surface area (Å²) in [6.45, 7) is 0. The normalized spacial score (nSPS) is 16.2. The van der Waals surface area contributed by atoms with Crippen molar-refractivity contribution in [1.82, 2.24) is 4.98 Å². The maximum Gasteiger partial charge on any atom is 0.236 e. The highest BCUT2D eigenvalue weighted by Gasteiger charge is 2.45. The van der Waals surface area contributed by atoms with E-state index in [4.69, 9.17) is 0 Å². The molecule has 0 aliphatic heterocycles. The predicted molar refractivity (Wildman–Crippen MR) is 82.5 cm³/mol. The van der Waals surface area contributed by atoms with E-state index >= 15 is 0 Å². The lowest BCUT2D eigenvalue weighted by Crippen LogP contribution is -2.46. The second-order valence-corrected chi connectivity index (χ2v) is 6.03. The second-order valence-electron chi connectivity index (χ2n) is 5.12. The van der Waals surface area contributed by atoms with E-state index in [-0.39, 0.29) is 11.3 Å². The molecule has 0 atom stereocenters. The Hall–Kier alpha value is -1.68. The van der Waals surface area contributed by atoms with Crippen LogP contribution in [0.5, 0.6) is 0 Å². The fourth-order valence-electron chi connectivity index (χ4n) is 2.62. The zero-order valence-corrected chi connectivity index (χ0v) is 12.6. The number of halogens is 1. The lowest BCUT2D eigenvalue weighted by molar-refractivity contribution is -0.124. The van der Waals surface area contributed by atoms with E-state index in [9.17, 15) is 4.79 Å². The first-order chi connectivity index (χ1) is 9.71. The van der Waals surface area contributed by atoms with Crippen molar-refractivity contribution in [3.63, 3.8) is 0 Å². The molecule has 0 saturated heterocycles. The van der Waals surface area contributed by atoms with Gasteiger partial charge in [0.15, 0.2) is 0 Å². The Morgan fingerprint density at radius 2 is 1.90 bits per heavy atom. The summed E-state index contributed by atoms with van der Waals surface area (Å²) in [6.07, 6.45) is 4.58. The Kier molecular flexibility index (Phi) is 3.57. The lowest BCUT2D eigenvalue weighted by Gasteiger charge is -2.40. The van der Waals surface area contributed by atoms with Crippen molar-refractivity contribution < 1.29 is 4.79 Å². The number of carbonyl (C=O) groups is 1. The van der Waals surface area contributed by atoms with Gasteiger partial charge < -0.3 is 5.32 Å². The molecule has 1 saturated carbocycles. The third kappa shape index (κ3) is 2.36. The van der Waals surface area contributed by atoms with Crippen LogP contribution in [-0.2, 0) is 10.2 Å². The number of hydrogen-bond acceptors (Lipinski definition) is 2. The third-order valence-electron chi connectivity index (χ3n) is 3.94. The minimum atomic E-state index is -0.379. The highest BCUT2D eigenvalue weighted by atomic mass is 79.9. The number of anilines is 1. The van der Waals surface area contributed by atoms with Crippen molar-refractivity contribution in [1.29, 1.82) is 0 Å². The van der Waals surface area contributed by atoms with Gasteiger partial charge in [0.2, 0.25) is 5.91 Å². The maximum absolute atomic E-state index is 12.6. The molecule has 1 aliphatic rings. The molecule has 0 unspecified atom stereocenters. The van der Waals surface area contributed by atoms with E-state index in [1.165, 1.54) is 0 Å². The highest BCUT2D eigenvalue weighted by Crippen LogP contribution is 2.44. The molecule has 1 heterocycles. The van der Waals surface area contributed by atoms with Crippen molar-refractivity contribution in [2.45, 2.75) is 24.7 Å². The summed E-state index contributed by atoms with van der Waals surface area (Å²) in [6, 6.07) is 13.7. The molecule has 0 radical (unpaired) electrons. The molecule has 1 N–H and O–H groups in total. The largest absolute Gasteiger partial charge is 0.310 e. The van der Waals surface area contributed by atoms with Crippen molar-refractivity contribution in [2.24, 2.45) is 0 Å². The van der Waals surface area contributed by atoms with Gasteiger partial charge in [-0.25, -0.2) is 4.98 Å². The van der Waals surface area contributed by atoms with E-state index in [1.807, 2.05) is 36.4 Å². The van der Waals surface area contributed by atoms with Gasteiger partial charge in [-0.05, 0) is 46.5 Å². The van der Waals surface area contributed by atoms with E-state index < -0.39 is 0 Å². The first-order valence-corrected chi connectivity index (χ1v) is 7.49. The molecule has 1 amide bonds. The van der Waals surface area contributed by atoms with Crippen LogP contribution >= 0.6 is 15.9 Å². The Morgan fingerprint density at radius 1 is 1.15 bits per heavy atom. The minimum absolute atomic E-state index is 0.0461. The van der Waals surface area contributed by atoms with Crippen molar-refractivity contribution >= 4 is 27.7 Å². The van der Waals surface area contributed by atoms with Gasteiger partial charge in [0.1, 0.15) is 5.82 Å². The van der Waals surface area contributed by atoms with Gasteiger partial charge in [-0.2, -0.15) is 0 Å². The van der Waals surface area contributed by atoms with E-state index in [2.05, 4.69) is 26.2 Å². The number of nitrogens with zero attached hydrogens (tertiary/aromatic N) is 1. The predicted octanol–water partition coefficient (Wildman–Crippen LogP) is 3.90. The molecule has 1 aliphatic carbocycles. The number of nitrogens with one attached hydrogen (secondary N) is 1. The van der Waals surface area contributed by atoms with Gasteiger partial charge in [0.25, 0.3) is 0 Å². The summed E-state index contributed by atoms with van der Waals surface area (Å²) in [7, 11) is 0. The Balaban J connectivity index is 1.83. The van der Waals surface area contributed by atoms with Gasteiger partial charge in [-0.3, -0.25) is 4.79 Å². The van der Waals surface area contributed by atoms with E-state index in [0.29, 0.717) is 5.82 Å². The monoisotopic (exact) mass is 330 g/mol. The molecule has 0 spiro atoms. The average Bonchev–Trinajstić information content (AvgIpc) is 2.41. The van der Waals surface area contributed by atoms with Gasteiger partial charge in [0.05, 0.1) is 5.41 Å². The Bertz CT molecular complexity index is 606. The third-order valence-corrected chi connectivity index (χ3v) is 4.41. The molecule has 0 bridgehead atoms. The van der Waals surface area contributed by atoms with Crippen molar-refractivity contribution in [3.05, 3.63) is 58.7 Å². The smallest absolute Gasteiger partial charge is 0.236 e. The summed E-state index contributed by atoms with van der Waals surface area (Å²) in [5.41, 5.74) is 0.719. The zero-order chi connectivity index (χ0) is 14.0. The van der Waals surface area contributed by atoms with Crippen molar-refractivity contribution in [2.75, 3.05) is 5.32 Å². The number of carbonyl (C=O) groups excluding carboxylic acids is 1. The van der Waals surface area contributed by atoms with Crippen LogP contribution in [0.25, 0.3) is 0 Å². The number of hydrogen-bond donors (Lipinski definition) is 1. The molecule has 1 fully saturated rings. The summed E-state index contributed by atoms with van der Waals surface area (Å²) >= 11 is 3.34.